The molecule has 7 heteroatoms. The van der Waals surface area contributed by atoms with E-state index in [1.165, 1.54) is 31.4 Å². The van der Waals surface area contributed by atoms with E-state index in [-0.39, 0.29) is 11.3 Å². The highest BCUT2D eigenvalue weighted by molar-refractivity contribution is 6.46. The summed E-state index contributed by atoms with van der Waals surface area (Å²) in [6, 6.07) is 17.4. The summed E-state index contributed by atoms with van der Waals surface area (Å²) in [5.74, 6) is -0.967. The van der Waals surface area contributed by atoms with Crippen LogP contribution in [0, 0.1) is 12.7 Å². The fourth-order valence-electron chi connectivity index (χ4n) is 3.35. The van der Waals surface area contributed by atoms with Crippen molar-refractivity contribution in [2.45, 2.75) is 6.92 Å². The summed E-state index contributed by atoms with van der Waals surface area (Å²) < 4.78 is 18.6. The number of methoxy groups -OCH3 is 1. The molecule has 156 valence electrons. The normalized spacial score (nSPS) is 13.7. The number of aryl methyl sites for hydroxylation is 1. The van der Waals surface area contributed by atoms with Crippen LogP contribution >= 0.6 is 11.6 Å². The summed E-state index contributed by atoms with van der Waals surface area (Å²) in [6.07, 6.45) is 0. The molecule has 0 atom stereocenters. The van der Waals surface area contributed by atoms with Gasteiger partial charge in [-0.3, -0.25) is 9.59 Å². The van der Waals surface area contributed by atoms with E-state index >= 15 is 0 Å². The molecule has 0 saturated heterocycles. The quantitative estimate of drug-likeness (QED) is 0.559. The minimum absolute atomic E-state index is 0.0819. The van der Waals surface area contributed by atoms with Crippen molar-refractivity contribution in [1.82, 2.24) is 0 Å². The Morgan fingerprint density at radius 2 is 1.61 bits per heavy atom. The number of nitrogens with one attached hydrogen (secondary N) is 1. The fourth-order valence-corrected chi connectivity index (χ4v) is 3.60. The summed E-state index contributed by atoms with van der Waals surface area (Å²) in [5.41, 5.74) is 2.62. The minimum Gasteiger partial charge on any atom is -0.495 e. The number of carbonyl (C=O) groups is 2. The van der Waals surface area contributed by atoms with E-state index in [2.05, 4.69) is 5.32 Å². The Hall–Kier alpha value is -3.64. The third-order valence-corrected chi connectivity index (χ3v) is 5.23. The van der Waals surface area contributed by atoms with Crippen LogP contribution in [0.15, 0.2) is 72.4 Å². The lowest BCUT2D eigenvalue weighted by atomic mass is 10.0. The molecule has 5 nitrogen and oxygen atoms in total. The number of carbonyl (C=O) groups excluding carboxylic acids is 2. The number of amides is 2. The number of hydrogen-bond acceptors (Lipinski definition) is 4. The van der Waals surface area contributed by atoms with Gasteiger partial charge in [0.15, 0.2) is 0 Å². The van der Waals surface area contributed by atoms with Gasteiger partial charge in [0, 0.05) is 5.69 Å². The molecule has 1 N–H and O–H groups in total. The molecule has 1 aliphatic rings. The molecule has 4 rings (SSSR count). The molecular weight excluding hydrogens is 419 g/mol. The summed E-state index contributed by atoms with van der Waals surface area (Å²) in [4.78, 5) is 27.7. The average molecular weight is 437 g/mol. The van der Waals surface area contributed by atoms with Gasteiger partial charge in [-0.15, -0.1) is 0 Å². The SMILES string of the molecule is COc1ccc(NC2=C(c3ccc(F)cc3)C(=O)N(c3ccc(C)cc3)C2=O)cc1Cl. The number of rotatable bonds is 5. The molecule has 3 aromatic carbocycles. The first kappa shape index (κ1) is 20.6. The predicted molar refractivity (Wildman–Crippen MR) is 119 cm³/mol. The molecule has 1 aliphatic heterocycles. The molecule has 3 aromatic rings. The van der Waals surface area contributed by atoms with Crippen LogP contribution in [-0.4, -0.2) is 18.9 Å². The van der Waals surface area contributed by atoms with Gasteiger partial charge >= 0.3 is 0 Å². The van der Waals surface area contributed by atoms with Crippen LogP contribution in [0.25, 0.3) is 5.57 Å². The van der Waals surface area contributed by atoms with Crippen LogP contribution in [0.3, 0.4) is 0 Å². The monoisotopic (exact) mass is 436 g/mol. The van der Waals surface area contributed by atoms with Crippen LogP contribution < -0.4 is 15.0 Å². The topological polar surface area (TPSA) is 58.6 Å². The van der Waals surface area contributed by atoms with Crippen molar-refractivity contribution in [1.29, 1.82) is 0 Å². The first-order valence-electron chi connectivity index (χ1n) is 9.45. The summed E-state index contributed by atoms with van der Waals surface area (Å²) in [5, 5.41) is 3.37. The van der Waals surface area contributed by atoms with Crippen LogP contribution in [0.1, 0.15) is 11.1 Å². The van der Waals surface area contributed by atoms with Crippen molar-refractivity contribution in [2.75, 3.05) is 17.3 Å². The molecule has 0 fully saturated rings. The van der Waals surface area contributed by atoms with E-state index in [0.717, 1.165) is 10.5 Å². The summed E-state index contributed by atoms with van der Waals surface area (Å²) in [6.45, 7) is 1.92. The first-order valence-corrected chi connectivity index (χ1v) is 9.83. The number of imide groups is 1. The van der Waals surface area contributed by atoms with E-state index in [1.54, 1.807) is 30.3 Å². The van der Waals surface area contributed by atoms with E-state index < -0.39 is 17.6 Å². The molecule has 0 radical (unpaired) electrons. The standard InChI is InChI=1S/C24H18ClFN2O3/c1-14-3-10-18(11-4-14)28-23(29)21(15-5-7-16(26)8-6-15)22(24(28)30)27-17-9-12-20(31-2)19(25)13-17/h3-13,27H,1-2H3. The van der Waals surface area contributed by atoms with Crippen LogP contribution in [0.4, 0.5) is 15.8 Å². The highest BCUT2D eigenvalue weighted by atomic mass is 35.5. The summed E-state index contributed by atoms with van der Waals surface area (Å²) in [7, 11) is 1.50. The zero-order chi connectivity index (χ0) is 22.1. The van der Waals surface area contributed by atoms with Crippen LogP contribution in [0.5, 0.6) is 5.75 Å². The number of ether oxygens (including phenoxy) is 1. The molecule has 0 unspecified atom stereocenters. The van der Waals surface area contributed by atoms with Gasteiger partial charge in [-0.25, -0.2) is 9.29 Å². The third-order valence-electron chi connectivity index (χ3n) is 4.93. The van der Waals surface area contributed by atoms with Gasteiger partial charge in [0.25, 0.3) is 11.8 Å². The highest BCUT2D eigenvalue weighted by Crippen LogP contribution is 2.35. The van der Waals surface area contributed by atoms with Crippen molar-refractivity contribution in [3.63, 3.8) is 0 Å². The second-order valence-electron chi connectivity index (χ2n) is 7.01. The number of hydrogen-bond donors (Lipinski definition) is 1. The van der Waals surface area contributed by atoms with Gasteiger partial charge in [-0.2, -0.15) is 0 Å². The Kier molecular flexibility index (Phi) is 5.48. The lowest BCUT2D eigenvalue weighted by Gasteiger charge is -2.15. The Morgan fingerprint density at radius 1 is 0.935 bits per heavy atom. The minimum atomic E-state index is -0.514. The Balaban J connectivity index is 1.80. The Bertz CT molecular complexity index is 1200. The number of benzene rings is 3. The second kappa shape index (κ2) is 8.24. The van der Waals surface area contributed by atoms with Crippen LogP contribution in [0.2, 0.25) is 5.02 Å². The predicted octanol–water partition coefficient (Wildman–Crippen LogP) is 5.19. The fraction of sp³-hybridized carbons (Fsp3) is 0.0833. The number of nitrogens with zero attached hydrogens (tertiary/aromatic N) is 1. The maximum absolute atomic E-state index is 13.5. The van der Waals surface area contributed by atoms with Crippen molar-refractivity contribution in [3.05, 3.63) is 94.4 Å². The maximum atomic E-state index is 13.5. The lowest BCUT2D eigenvalue weighted by molar-refractivity contribution is -0.120. The Labute approximate surface area is 183 Å². The molecule has 2 amide bonds. The highest BCUT2D eigenvalue weighted by Gasteiger charge is 2.40. The van der Waals surface area contributed by atoms with Gasteiger partial charge in [0.05, 0.1) is 23.4 Å². The van der Waals surface area contributed by atoms with E-state index in [1.807, 2.05) is 19.1 Å². The Morgan fingerprint density at radius 3 is 2.23 bits per heavy atom. The van der Waals surface area contributed by atoms with Gasteiger partial charge < -0.3 is 10.1 Å². The van der Waals surface area contributed by atoms with Crippen molar-refractivity contribution < 1.29 is 18.7 Å². The van der Waals surface area contributed by atoms with Crippen molar-refractivity contribution in [3.8, 4) is 5.75 Å². The second-order valence-corrected chi connectivity index (χ2v) is 7.42. The number of anilines is 2. The van der Waals surface area contributed by atoms with Gasteiger partial charge in [-0.05, 0) is 55.0 Å². The molecular formula is C24H18ClFN2O3. The first-order chi connectivity index (χ1) is 14.9. The van der Waals surface area contributed by atoms with Gasteiger partial charge in [-0.1, -0.05) is 41.4 Å². The van der Waals surface area contributed by atoms with Crippen LogP contribution in [-0.2, 0) is 9.59 Å². The van der Waals surface area contributed by atoms with Gasteiger partial charge in [0.1, 0.15) is 17.3 Å². The largest absolute Gasteiger partial charge is 0.495 e. The number of halogens is 2. The third kappa shape index (κ3) is 3.90. The molecule has 0 saturated carbocycles. The molecule has 0 aromatic heterocycles. The van der Waals surface area contributed by atoms with E-state index in [9.17, 15) is 14.0 Å². The zero-order valence-corrected chi connectivity index (χ0v) is 17.5. The maximum Gasteiger partial charge on any atom is 0.282 e. The van der Waals surface area contributed by atoms with E-state index in [0.29, 0.717) is 27.7 Å². The van der Waals surface area contributed by atoms with Gasteiger partial charge in [0.2, 0.25) is 0 Å². The summed E-state index contributed by atoms with van der Waals surface area (Å²) >= 11 is 6.21. The average Bonchev–Trinajstić information content (AvgIpc) is 2.99. The molecule has 0 bridgehead atoms. The molecule has 31 heavy (non-hydrogen) atoms. The zero-order valence-electron chi connectivity index (χ0n) is 16.8. The molecule has 1 heterocycles. The van der Waals surface area contributed by atoms with Crippen molar-refractivity contribution >= 4 is 40.4 Å². The molecule has 0 spiro atoms. The van der Waals surface area contributed by atoms with E-state index in [4.69, 9.17) is 16.3 Å². The molecule has 0 aliphatic carbocycles. The van der Waals surface area contributed by atoms with Crippen molar-refractivity contribution in [2.24, 2.45) is 0 Å². The lowest BCUT2D eigenvalue weighted by Crippen LogP contribution is -2.32. The smallest absolute Gasteiger partial charge is 0.282 e.